The maximum Gasteiger partial charge on any atom is 0.255 e. The van der Waals surface area contributed by atoms with Gasteiger partial charge in [0.2, 0.25) is 0 Å². The van der Waals surface area contributed by atoms with Crippen molar-refractivity contribution in [3.8, 4) is 0 Å². The lowest BCUT2D eigenvalue weighted by Gasteiger charge is -1.98. The lowest BCUT2D eigenvalue weighted by atomic mass is 10.2. The molecule has 0 fully saturated rings. The first-order valence-electron chi connectivity index (χ1n) is 2.77. The molecule has 1 aromatic carbocycles. The van der Waals surface area contributed by atoms with Gasteiger partial charge in [0, 0.05) is 0 Å². The van der Waals surface area contributed by atoms with Crippen LogP contribution >= 0.6 is 34.8 Å². The standard InChI is InChI=1S/C7H3Cl3O.CH4/c8-4-2-1-3-5(9)6(4)7(10)11;/h1-3H;1H4. The summed E-state index contributed by atoms with van der Waals surface area (Å²) in [6, 6.07) is 4.76. The fourth-order valence-corrected chi connectivity index (χ4v) is 1.56. The van der Waals surface area contributed by atoms with Crippen molar-refractivity contribution in [1.82, 2.24) is 0 Å². The minimum absolute atomic E-state index is 0. The van der Waals surface area contributed by atoms with Crippen LogP contribution in [0.5, 0.6) is 0 Å². The Bertz CT molecular complexity index is 276. The molecule has 0 heterocycles. The Balaban J connectivity index is 0.00000121. The summed E-state index contributed by atoms with van der Waals surface area (Å²) in [5.74, 6) is 0. The smallest absolute Gasteiger partial charge is 0.255 e. The maximum absolute atomic E-state index is 10.7. The zero-order valence-electron chi connectivity index (χ0n) is 5.27. The molecule has 0 aliphatic rings. The van der Waals surface area contributed by atoms with Gasteiger partial charge in [0.15, 0.2) is 0 Å². The molecule has 0 aliphatic carbocycles. The van der Waals surface area contributed by atoms with Crippen molar-refractivity contribution in [3.05, 3.63) is 33.8 Å². The molecule has 12 heavy (non-hydrogen) atoms. The van der Waals surface area contributed by atoms with E-state index in [1.54, 1.807) is 18.2 Å². The number of benzene rings is 1. The van der Waals surface area contributed by atoms with E-state index < -0.39 is 5.24 Å². The Morgan fingerprint density at radius 3 is 1.83 bits per heavy atom. The van der Waals surface area contributed by atoms with Gasteiger partial charge in [-0.2, -0.15) is 0 Å². The molecule has 66 valence electrons. The molecule has 0 aromatic heterocycles. The van der Waals surface area contributed by atoms with Crippen LogP contribution in [0.4, 0.5) is 0 Å². The van der Waals surface area contributed by atoms with Crippen LogP contribution in [-0.4, -0.2) is 5.24 Å². The van der Waals surface area contributed by atoms with Crippen molar-refractivity contribution in [3.63, 3.8) is 0 Å². The third kappa shape index (κ3) is 2.37. The third-order valence-electron chi connectivity index (χ3n) is 1.16. The predicted octanol–water partition coefficient (Wildman–Crippen LogP) is 4.01. The zero-order chi connectivity index (χ0) is 8.43. The van der Waals surface area contributed by atoms with E-state index in [4.69, 9.17) is 34.8 Å². The summed E-state index contributed by atoms with van der Waals surface area (Å²) in [6.45, 7) is 0. The van der Waals surface area contributed by atoms with Crippen LogP contribution in [0.25, 0.3) is 0 Å². The van der Waals surface area contributed by atoms with E-state index in [0.717, 1.165) is 0 Å². The Labute approximate surface area is 86.2 Å². The summed E-state index contributed by atoms with van der Waals surface area (Å²) >= 11 is 16.5. The summed E-state index contributed by atoms with van der Waals surface area (Å²) in [5, 5.41) is -0.0874. The highest BCUT2D eigenvalue weighted by atomic mass is 35.5. The van der Waals surface area contributed by atoms with Crippen molar-refractivity contribution in [2.75, 3.05) is 0 Å². The molecule has 4 heteroatoms. The number of rotatable bonds is 1. The molecule has 0 spiro atoms. The van der Waals surface area contributed by atoms with E-state index in [1.807, 2.05) is 0 Å². The Kier molecular flexibility index (Phi) is 4.61. The summed E-state index contributed by atoms with van der Waals surface area (Å²) in [4.78, 5) is 10.7. The molecule has 0 saturated carbocycles. The van der Waals surface area contributed by atoms with Crippen LogP contribution in [0, 0.1) is 0 Å². The van der Waals surface area contributed by atoms with Crippen molar-refractivity contribution in [2.24, 2.45) is 0 Å². The number of carbonyl (C=O) groups excluding carboxylic acids is 1. The maximum atomic E-state index is 10.7. The summed E-state index contributed by atoms with van der Waals surface area (Å²) < 4.78 is 0. The zero-order valence-corrected chi connectivity index (χ0v) is 7.54. The molecule has 0 radical (unpaired) electrons. The second kappa shape index (κ2) is 4.70. The lowest BCUT2D eigenvalue weighted by Crippen LogP contribution is -1.90. The molecule has 1 aromatic rings. The minimum Gasteiger partial charge on any atom is -0.275 e. The first kappa shape index (κ1) is 11.8. The highest BCUT2D eigenvalue weighted by molar-refractivity contribution is 6.69. The second-order valence-electron chi connectivity index (χ2n) is 1.87. The molecule has 0 atom stereocenters. The van der Waals surface area contributed by atoms with Gasteiger partial charge >= 0.3 is 0 Å². The first-order chi connectivity index (χ1) is 5.13. The van der Waals surface area contributed by atoms with Crippen molar-refractivity contribution >= 4 is 40.0 Å². The van der Waals surface area contributed by atoms with Gasteiger partial charge < -0.3 is 0 Å². The molecule has 0 aliphatic heterocycles. The van der Waals surface area contributed by atoms with Gasteiger partial charge in [-0.25, -0.2) is 0 Å². The lowest BCUT2D eigenvalue weighted by molar-refractivity contribution is 0.108. The highest BCUT2D eigenvalue weighted by Crippen LogP contribution is 2.25. The van der Waals surface area contributed by atoms with Crippen LogP contribution in [0.2, 0.25) is 10.0 Å². The average molecular weight is 226 g/mol. The van der Waals surface area contributed by atoms with Crippen molar-refractivity contribution < 1.29 is 4.79 Å². The summed E-state index contributed by atoms with van der Waals surface area (Å²) in [7, 11) is 0. The van der Waals surface area contributed by atoms with Crippen LogP contribution in [0.1, 0.15) is 17.8 Å². The van der Waals surface area contributed by atoms with Crippen LogP contribution in [-0.2, 0) is 0 Å². The molecular formula is C8H7Cl3O. The van der Waals surface area contributed by atoms with E-state index >= 15 is 0 Å². The van der Waals surface area contributed by atoms with Crippen LogP contribution in [0.3, 0.4) is 0 Å². The SMILES string of the molecule is C.O=C(Cl)c1c(Cl)cccc1Cl. The largest absolute Gasteiger partial charge is 0.275 e. The predicted molar refractivity (Wildman–Crippen MR) is 53.4 cm³/mol. The van der Waals surface area contributed by atoms with E-state index in [-0.39, 0.29) is 23.0 Å². The monoisotopic (exact) mass is 224 g/mol. The topological polar surface area (TPSA) is 17.1 Å². The molecule has 0 amide bonds. The summed E-state index contributed by atoms with van der Waals surface area (Å²) in [6.07, 6.45) is 0. The van der Waals surface area contributed by atoms with E-state index in [9.17, 15) is 4.79 Å². The average Bonchev–Trinajstić information content (AvgIpc) is 1.85. The Morgan fingerprint density at radius 1 is 1.17 bits per heavy atom. The molecule has 1 nitrogen and oxygen atoms in total. The molecular weight excluding hydrogens is 218 g/mol. The highest BCUT2D eigenvalue weighted by Gasteiger charge is 2.10. The van der Waals surface area contributed by atoms with Gasteiger partial charge in [0.05, 0.1) is 15.6 Å². The number of halogens is 3. The van der Waals surface area contributed by atoms with E-state index in [1.165, 1.54) is 0 Å². The Morgan fingerprint density at radius 2 is 1.58 bits per heavy atom. The van der Waals surface area contributed by atoms with E-state index in [0.29, 0.717) is 0 Å². The van der Waals surface area contributed by atoms with Crippen LogP contribution < -0.4 is 0 Å². The Hall–Kier alpha value is -0.240. The molecule has 0 saturated heterocycles. The molecule has 0 unspecified atom stereocenters. The minimum atomic E-state index is -0.638. The van der Waals surface area contributed by atoms with Crippen molar-refractivity contribution in [1.29, 1.82) is 0 Å². The quantitative estimate of drug-likeness (QED) is 0.660. The number of hydrogen-bond acceptors (Lipinski definition) is 1. The van der Waals surface area contributed by atoms with Gasteiger partial charge in [-0.3, -0.25) is 4.79 Å². The molecule has 0 N–H and O–H groups in total. The fourth-order valence-electron chi connectivity index (χ4n) is 0.686. The fraction of sp³-hybridized carbons (Fsp3) is 0.125. The van der Waals surface area contributed by atoms with Gasteiger partial charge in [0.25, 0.3) is 5.24 Å². The van der Waals surface area contributed by atoms with Gasteiger partial charge in [-0.1, -0.05) is 36.7 Å². The van der Waals surface area contributed by atoms with Crippen molar-refractivity contribution in [2.45, 2.75) is 7.43 Å². The molecule has 1 rings (SSSR count). The number of hydrogen-bond donors (Lipinski definition) is 0. The first-order valence-corrected chi connectivity index (χ1v) is 3.90. The second-order valence-corrected chi connectivity index (χ2v) is 3.03. The third-order valence-corrected chi connectivity index (χ3v) is 1.98. The van der Waals surface area contributed by atoms with Gasteiger partial charge in [-0.05, 0) is 23.7 Å². The molecule has 0 bridgehead atoms. The van der Waals surface area contributed by atoms with Crippen LogP contribution in [0.15, 0.2) is 18.2 Å². The number of carbonyl (C=O) groups is 1. The summed E-state index contributed by atoms with van der Waals surface area (Å²) in [5.41, 5.74) is 0.164. The normalized spacial score (nSPS) is 8.92. The van der Waals surface area contributed by atoms with E-state index in [2.05, 4.69) is 0 Å². The van der Waals surface area contributed by atoms with Gasteiger partial charge in [-0.15, -0.1) is 0 Å². The van der Waals surface area contributed by atoms with Gasteiger partial charge in [0.1, 0.15) is 0 Å².